The predicted molar refractivity (Wildman–Crippen MR) is 149 cm³/mol. The molecule has 1 aliphatic rings. The van der Waals surface area contributed by atoms with Crippen molar-refractivity contribution in [2.45, 2.75) is 32.8 Å². The van der Waals surface area contributed by atoms with E-state index < -0.39 is 6.10 Å². The predicted octanol–water partition coefficient (Wildman–Crippen LogP) is 4.31. The normalized spacial score (nSPS) is 14.8. The smallest absolute Gasteiger partial charge is 0.256 e. The Kier molecular flexibility index (Phi) is 9.56. The summed E-state index contributed by atoms with van der Waals surface area (Å²) in [5, 5.41) is 13.5. The fourth-order valence-electron chi connectivity index (χ4n) is 4.51. The van der Waals surface area contributed by atoms with Crippen molar-refractivity contribution in [2.75, 3.05) is 50.8 Å². The number of nitrogens with zero attached hydrogens (tertiary/aromatic N) is 3. The molecule has 38 heavy (non-hydrogen) atoms. The number of β-amino-alcohol motifs (C(OH)–C–C–N with tert-alkyl or cyclic N) is 1. The topological polar surface area (TPSA) is 87.2 Å². The van der Waals surface area contributed by atoms with Gasteiger partial charge in [0.25, 0.3) is 5.91 Å². The second kappa shape index (κ2) is 13.3. The van der Waals surface area contributed by atoms with Crippen LogP contribution in [0.2, 0.25) is 0 Å². The van der Waals surface area contributed by atoms with Crippen LogP contribution in [0.15, 0.2) is 66.9 Å². The molecule has 2 heterocycles. The third-order valence-corrected chi connectivity index (χ3v) is 6.62. The number of ether oxygens (including phenoxy) is 2. The van der Waals surface area contributed by atoms with Gasteiger partial charge >= 0.3 is 0 Å². The molecule has 1 unspecified atom stereocenters. The molecule has 0 spiro atoms. The molecule has 3 aromatic rings. The van der Waals surface area contributed by atoms with Gasteiger partial charge in [0.1, 0.15) is 17.1 Å². The van der Waals surface area contributed by atoms with Gasteiger partial charge in [-0.15, -0.1) is 0 Å². The van der Waals surface area contributed by atoms with Crippen LogP contribution >= 0.6 is 0 Å². The first-order valence-electron chi connectivity index (χ1n) is 13.3. The first kappa shape index (κ1) is 27.4. The maximum atomic E-state index is 12.9. The van der Waals surface area contributed by atoms with Gasteiger partial charge in [0.05, 0.1) is 18.4 Å². The fourth-order valence-corrected chi connectivity index (χ4v) is 4.51. The summed E-state index contributed by atoms with van der Waals surface area (Å²) >= 11 is 0. The lowest BCUT2D eigenvalue weighted by molar-refractivity contribution is 0.0849. The Labute approximate surface area is 225 Å². The van der Waals surface area contributed by atoms with Gasteiger partial charge in [-0.2, -0.15) is 0 Å². The van der Waals surface area contributed by atoms with Crippen LogP contribution in [0.5, 0.6) is 17.4 Å². The molecule has 1 saturated heterocycles. The number of hydrogen-bond donors (Lipinski definition) is 2. The number of rotatable bonds is 11. The average Bonchev–Trinajstić information content (AvgIpc) is 2.93. The van der Waals surface area contributed by atoms with E-state index in [1.165, 1.54) is 5.56 Å². The van der Waals surface area contributed by atoms with E-state index in [1.54, 1.807) is 18.3 Å². The molecule has 1 aliphatic heterocycles. The first-order chi connectivity index (χ1) is 18.4. The van der Waals surface area contributed by atoms with Crippen LogP contribution in [0.25, 0.3) is 0 Å². The van der Waals surface area contributed by atoms with Crippen molar-refractivity contribution >= 4 is 11.6 Å². The van der Waals surface area contributed by atoms with Crippen LogP contribution in [0.4, 0.5) is 5.69 Å². The molecule has 4 rings (SSSR count). The quantitative estimate of drug-likeness (QED) is 0.391. The average molecular weight is 519 g/mol. The number of aliphatic hydroxyl groups is 1. The molecule has 0 radical (unpaired) electrons. The number of carbonyl (C=O) groups is 1. The number of nitrogens with one attached hydrogen (secondary N) is 1. The molecule has 2 aromatic carbocycles. The van der Waals surface area contributed by atoms with Crippen LogP contribution in [0.1, 0.15) is 42.6 Å². The molecule has 8 heteroatoms. The fraction of sp³-hybridized carbons (Fsp3) is 0.400. The van der Waals surface area contributed by atoms with E-state index in [1.807, 2.05) is 49.4 Å². The van der Waals surface area contributed by atoms with Crippen molar-refractivity contribution in [3.63, 3.8) is 0 Å². The minimum Gasteiger partial charge on any atom is -0.492 e. The van der Waals surface area contributed by atoms with Crippen molar-refractivity contribution in [1.82, 2.24) is 15.2 Å². The van der Waals surface area contributed by atoms with E-state index in [-0.39, 0.29) is 18.3 Å². The highest BCUT2D eigenvalue weighted by atomic mass is 16.5. The number of benzene rings is 2. The summed E-state index contributed by atoms with van der Waals surface area (Å²) in [6, 6.07) is 19.2. The van der Waals surface area contributed by atoms with Crippen molar-refractivity contribution in [3.05, 3.63) is 78.0 Å². The largest absolute Gasteiger partial charge is 0.492 e. The van der Waals surface area contributed by atoms with Crippen molar-refractivity contribution in [2.24, 2.45) is 0 Å². The lowest BCUT2D eigenvalue weighted by atomic mass is 10.0. The first-order valence-corrected chi connectivity index (χ1v) is 13.3. The second-order valence-corrected chi connectivity index (χ2v) is 9.73. The number of aromatic nitrogens is 1. The van der Waals surface area contributed by atoms with Gasteiger partial charge in [0.15, 0.2) is 0 Å². The lowest BCUT2D eigenvalue weighted by Gasteiger charge is -2.37. The highest BCUT2D eigenvalue weighted by Gasteiger charge is 2.22. The van der Waals surface area contributed by atoms with Gasteiger partial charge in [-0.1, -0.05) is 38.1 Å². The van der Waals surface area contributed by atoms with Crippen LogP contribution in [0.3, 0.4) is 0 Å². The Balaban J connectivity index is 1.26. The number of pyridine rings is 1. The summed E-state index contributed by atoms with van der Waals surface area (Å²) in [7, 11) is 0. The minimum absolute atomic E-state index is 0.143. The highest BCUT2D eigenvalue weighted by molar-refractivity contribution is 5.96. The third kappa shape index (κ3) is 7.24. The summed E-state index contributed by atoms with van der Waals surface area (Å²) in [5.74, 6) is 1.85. The van der Waals surface area contributed by atoms with Gasteiger partial charge < -0.3 is 24.8 Å². The molecule has 0 saturated carbocycles. The number of piperazine rings is 1. The molecule has 202 valence electrons. The number of carbonyl (C=O) groups excluding carboxylic acids is 1. The Hall–Kier alpha value is -3.62. The monoisotopic (exact) mass is 518 g/mol. The summed E-state index contributed by atoms with van der Waals surface area (Å²) in [6.45, 7) is 10.8. The molecule has 1 aromatic heterocycles. The van der Waals surface area contributed by atoms with Gasteiger partial charge in [-0.05, 0) is 54.8 Å². The second-order valence-electron chi connectivity index (χ2n) is 9.73. The number of hydrogen-bond acceptors (Lipinski definition) is 7. The maximum Gasteiger partial charge on any atom is 0.256 e. The molecule has 0 bridgehead atoms. The van der Waals surface area contributed by atoms with Gasteiger partial charge in [-0.25, -0.2) is 4.98 Å². The summed E-state index contributed by atoms with van der Waals surface area (Å²) in [6.07, 6.45) is 0.904. The molecule has 0 aliphatic carbocycles. The number of anilines is 1. The van der Waals surface area contributed by atoms with Crippen LogP contribution in [-0.2, 0) is 0 Å². The van der Waals surface area contributed by atoms with Gasteiger partial charge in [-0.3, -0.25) is 9.69 Å². The van der Waals surface area contributed by atoms with E-state index in [2.05, 4.69) is 40.0 Å². The molecular formula is C30H38N4O4. The number of para-hydroxylation sites is 2. The summed E-state index contributed by atoms with van der Waals surface area (Å²) < 4.78 is 11.7. The van der Waals surface area contributed by atoms with Crippen molar-refractivity contribution in [3.8, 4) is 17.4 Å². The van der Waals surface area contributed by atoms with E-state index >= 15 is 0 Å². The molecule has 2 N–H and O–H groups in total. The Bertz CT molecular complexity index is 1180. The zero-order chi connectivity index (χ0) is 26.9. The Morgan fingerprint density at radius 2 is 1.76 bits per heavy atom. The maximum absolute atomic E-state index is 12.9. The molecule has 1 atom stereocenters. The number of aliphatic hydroxyl groups excluding tert-OH is 1. The third-order valence-electron chi connectivity index (χ3n) is 6.62. The summed E-state index contributed by atoms with van der Waals surface area (Å²) in [5.41, 5.74) is 2.64. The Morgan fingerprint density at radius 1 is 1.03 bits per heavy atom. The van der Waals surface area contributed by atoms with Crippen LogP contribution in [0, 0.1) is 0 Å². The molecule has 8 nitrogen and oxygen atoms in total. The summed E-state index contributed by atoms with van der Waals surface area (Å²) in [4.78, 5) is 21.7. The zero-order valence-corrected chi connectivity index (χ0v) is 22.5. The standard InChI is InChI=1S/C30H38N4O4/c1-4-37-28-10-6-5-9-27(28)34-18-16-33(17-19-34)21-24(35)20-32-29(36)26-8-7-15-31-30(26)38-25-13-11-23(12-14-25)22(2)3/h5-15,22,24,35H,4,16-21H2,1-3H3,(H,32,36). The van der Waals surface area contributed by atoms with Crippen LogP contribution < -0.4 is 19.7 Å². The van der Waals surface area contributed by atoms with Crippen molar-refractivity contribution in [1.29, 1.82) is 0 Å². The molecule has 1 fully saturated rings. The Morgan fingerprint density at radius 3 is 2.47 bits per heavy atom. The van der Waals surface area contributed by atoms with E-state index in [4.69, 9.17) is 9.47 Å². The highest BCUT2D eigenvalue weighted by Crippen LogP contribution is 2.29. The van der Waals surface area contributed by atoms with E-state index in [0.29, 0.717) is 30.4 Å². The van der Waals surface area contributed by atoms with E-state index in [9.17, 15) is 9.90 Å². The number of amides is 1. The van der Waals surface area contributed by atoms with Crippen molar-refractivity contribution < 1.29 is 19.4 Å². The van der Waals surface area contributed by atoms with E-state index in [0.717, 1.165) is 37.6 Å². The SMILES string of the molecule is CCOc1ccccc1N1CCN(CC(O)CNC(=O)c2cccnc2Oc2ccc(C(C)C)cc2)CC1. The lowest BCUT2D eigenvalue weighted by Crippen LogP contribution is -2.50. The minimum atomic E-state index is -0.689. The van der Waals surface area contributed by atoms with Gasteiger partial charge in [0.2, 0.25) is 5.88 Å². The molecular weight excluding hydrogens is 480 g/mol. The van der Waals surface area contributed by atoms with Crippen LogP contribution in [-0.4, -0.2) is 72.9 Å². The molecule has 1 amide bonds. The zero-order valence-electron chi connectivity index (χ0n) is 22.5. The van der Waals surface area contributed by atoms with Gasteiger partial charge in [0, 0.05) is 45.5 Å².